The molecule has 0 aromatic carbocycles. The summed E-state index contributed by atoms with van der Waals surface area (Å²) in [7, 11) is 1.40. The molecule has 0 radical (unpaired) electrons. The van der Waals surface area contributed by atoms with Crippen molar-refractivity contribution in [1.29, 1.82) is 0 Å². The van der Waals surface area contributed by atoms with Gasteiger partial charge in [-0.05, 0) is 68.8 Å². The predicted molar refractivity (Wildman–Crippen MR) is 121 cm³/mol. The van der Waals surface area contributed by atoms with Gasteiger partial charge in [0.1, 0.15) is 4.88 Å². The van der Waals surface area contributed by atoms with Crippen molar-refractivity contribution in [2.24, 2.45) is 11.8 Å². The molecule has 2 saturated carbocycles. The Morgan fingerprint density at radius 1 is 1.07 bits per heavy atom. The maximum Gasteiger partial charge on any atom is 0.350 e. The molecule has 0 aliphatic heterocycles. The second-order valence-corrected chi connectivity index (χ2v) is 11.2. The number of aliphatic hydroxyl groups excluding tert-OH is 1. The lowest BCUT2D eigenvalue weighted by molar-refractivity contribution is -0.124. The topological polar surface area (TPSA) is 66.8 Å². The zero-order valence-corrected chi connectivity index (χ0v) is 19.9. The minimum atomic E-state index is -0.378. The van der Waals surface area contributed by atoms with Crippen LogP contribution in [0.2, 0.25) is 0 Å². The van der Waals surface area contributed by atoms with Gasteiger partial charge in [0.2, 0.25) is 5.91 Å². The van der Waals surface area contributed by atoms with Crippen LogP contribution < -0.4 is 4.90 Å². The molecule has 0 unspecified atom stereocenters. The van der Waals surface area contributed by atoms with Gasteiger partial charge < -0.3 is 14.7 Å². The number of carbonyl (C=O) groups is 2. The van der Waals surface area contributed by atoms with Crippen LogP contribution >= 0.6 is 11.3 Å². The number of carbonyl (C=O) groups excluding carboxylic acids is 2. The molecule has 3 rings (SSSR count). The first kappa shape index (κ1) is 23.3. The van der Waals surface area contributed by atoms with Gasteiger partial charge in [-0.3, -0.25) is 4.79 Å². The molecular weight excluding hydrogens is 398 g/mol. The van der Waals surface area contributed by atoms with Gasteiger partial charge in [-0.15, -0.1) is 11.3 Å². The molecule has 168 valence electrons. The van der Waals surface area contributed by atoms with Gasteiger partial charge in [0.05, 0.1) is 18.9 Å². The number of hydrogen-bond donors (Lipinski definition) is 1. The summed E-state index contributed by atoms with van der Waals surface area (Å²) in [5.74, 6) is 0.450. The highest BCUT2D eigenvalue weighted by atomic mass is 32.1. The highest BCUT2D eigenvalue weighted by Crippen LogP contribution is 2.42. The Hall–Kier alpha value is -1.40. The molecule has 0 bridgehead atoms. The summed E-state index contributed by atoms with van der Waals surface area (Å²) in [6, 6.07) is 2.05. The molecule has 2 fully saturated rings. The minimum Gasteiger partial charge on any atom is -0.465 e. The van der Waals surface area contributed by atoms with E-state index in [1.165, 1.54) is 18.4 Å². The van der Waals surface area contributed by atoms with Crippen LogP contribution in [-0.2, 0) is 14.9 Å². The monoisotopic (exact) mass is 435 g/mol. The van der Waals surface area contributed by atoms with Crippen molar-refractivity contribution in [2.45, 2.75) is 96.6 Å². The molecule has 1 aromatic rings. The first-order valence-electron chi connectivity index (χ1n) is 11.4. The highest BCUT2D eigenvalue weighted by molar-refractivity contribution is 7.14. The largest absolute Gasteiger partial charge is 0.465 e. The van der Waals surface area contributed by atoms with Gasteiger partial charge >= 0.3 is 5.97 Å². The van der Waals surface area contributed by atoms with Crippen LogP contribution in [0.25, 0.3) is 0 Å². The Morgan fingerprint density at radius 2 is 1.67 bits per heavy atom. The number of nitrogens with zero attached hydrogens (tertiary/aromatic N) is 1. The van der Waals surface area contributed by atoms with E-state index in [0.717, 1.165) is 43.4 Å². The number of aliphatic hydroxyl groups is 1. The zero-order chi connectivity index (χ0) is 22.1. The fourth-order valence-corrected chi connectivity index (χ4v) is 5.81. The van der Waals surface area contributed by atoms with Crippen molar-refractivity contribution in [3.63, 3.8) is 0 Å². The molecule has 1 aromatic heterocycles. The van der Waals surface area contributed by atoms with Gasteiger partial charge in [0.15, 0.2) is 0 Å². The number of methoxy groups -OCH3 is 1. The number of anilines is 1. The summed E-state index contributed by atoms with van der Waals surface area (Å²) < 4.78 is 5.09. The molecular formula is C24H37NO4S. The Balaban J connectivity index is 2.02. The quantitative estimate of drug-likeness (QED) is 0.652. The van der Waals surface area contributed by atoms with Crippen LogP contribution in [-0.4, -0.2) is 36.2 Å². The Morgan fingerprint density at radius 3 is 2.20 bits per heavy atom. The fourth-order valence-electron chi connectivity index (χ4n) is 4.68. The van der Waals surface area contributed by atoms with Gasteiger partial charge in [-0.25, -0.2) is 4.79 Å². The van der Waals surface area contributed by atoms with Gasteiger partial charge in [0.25, 0.3) is 0 Å². The Bertz CT molecular complexity index is 750. The van der Waals surface area contributed by atoms with Crippen LogP contribution in [0.15, 0.2) is 6.07 Å². The molecule has 0 spiro atoms. The lowest BCUT2D eigenvalue weighted by Crippen LogP contribution is -2.47. The molecule has 1 heterocycles. The number of thiophene rings is 1. The standard InChI is InChI=1S/C24H37NO4S/c1-15-6-8-16(9-7-15)22(27)25(17-10-12-18(26)13-11-17)19-14-20(24(2,3)4)30-21(19)23(28)29-5/h14-18,26H,6-13H2,1-5H3/t15-,16-,17-,18+. The molecule has 1 amide bonds. The van der Waals surface area contributed by atoms with E-state index in [0.29, 0.717) is 29.3 Å². The Labute approximate surface area is 184 Å². The van der Waals surface area contributed by atoms with Crippen LogP contribution in [0.4, 0.5) is 5.69 Å². The van der Waals surface area contributed by atoms with Crippen molar-refractivity contribution in [2.75, 3.05) is 12.0 Å². The molecule has 5 nitrogen and oxygen atoms in total. The smallest absolute Gasteiger partial charge is 0.350 e. The summed E-state index contributed by atoms with van der Waals surface area (Å²) >= 11 is 1.44. The molecule has 2 aliphatic rings. The number of esters is 1. The van der Waals surface area contributed by atoms with E-state index in [2.05, 4.69) is 27.7 Å². The van der Waals surface area contributed by atoms with Crippen molar-refractivity contribution in [1.82, 2.24) is 0 Å². The number of rotatable bonds is 4. The first-order chi connectivity index (χ1) is 14.1. The second kappa shape index (κ2) is 9.39. The number of amides is 1. The highest BCUT2D eigenvalue weighted by Gasteiger charge is 2.38. The van der Waals surface area contributed by atoms with E-state index in [-0.39, 0.29) is 35.4 Å². The van der Waals surface area contributed by atoms with E-state index in [1.54, 1.807) is 0 Å². The lowest BCUT2D eigenvalue weighted by atomic mass is 9.81. The maximum absolute atomic E-state index is 13.8. The Kier molecular flexibility index (Phi) is 7.28. The third-order valence-electron chi connectivity index (χ3n) is 6.72. The molecule has 30 heavy (non-hydrogen) atoms. The summed E-state index contributed by atoms with van der Waals surface area (Å²) in [5, 5.41) is 10.0. The predicted octanol–water partition coefficient (Wildman–Crippen LogP) is 5.30. The average Bonchev–Trinajstić information content (AvgIpc) is 3.15. The van der Waals surface area contributed by atoms with Crippen molar-refractivity contribution in [3.8, 4) is 0 Å². The number of ether oxygens (including phenoxy) is 1. The molecule has 6 heteroatoms. The summed E-state index contributed by atoms with van der Waals surface area (Å²) in [4.78, 5) is 30.0. The first-order valence-corrected chi connectivity index (χ1v) is 12.2. The van der Waals surface area contributed by atoms with Gasteiger partial charge in [-0.1, -0.05) is 27.7 Å². The van der Waals surface area contributed by atoms with E-state index in [9.17, 15) is 14.7 Å². The van der Waals surface area contributed by atoms with E-state index in [1.807, 2.05) is 11.0 Å². The average molecular weight is 436 g/mol. The second-order valence-electron chi connectivity index (χ2n) is 10.2. The molecule has 0 atom stereocenters. The van der Waals surface area contributed by atoms with Crippen molar-refractivity contribution >= 4 is 28.9 Å². The van der Waals surface area contributed by atoms with E-state index < -0.39 is 0 Å². The third kappa shape index (κ3) is 5.08. The van der Waals surface area contributed by atoms with E-state index >= 15 is 0 Å². The molecule has 1 N–H and O–H groups in total. The van der Waals surface area contributed by atoms with Gasteiger partial charge in [-0.2, -0.15) is 0 Å². The lowest BCUT2D eigenvalue weighted by Gasteiger charge is -2.39. The van der Waals surface area contributed by atoms with Crippen molar-refractivity contribution in [3.05, 3.63) is 15.8 Å². The summed E-state index contributed by atoms with van der Waals surface area (Å²) in [6.45, 7) is 8.62. The molecule has 2 aliphatic carbocycles. The minimum absolute atomic E-state index is 0.0107. The number of hydrogen-bond acceptors (Lipinski definition) is 5. The SMILES string of the molecule is COC(=O)c1sc(C(C)(C)C)cc1N(C(=O)[C@H]1CC[C@H](C)CC1)[C@H]1CC[C@@H](O)CC1. The van der Waals surface area contributed by atoms with Gasteiger partial charge in [0, 0.05) is 16.8 Å². The van der Waals surface area contributed by atoms with Crippen LogP contribution in [0, 0.1) is 11.8 Å². The summed E-state index contributed by atoms with van der Waals surface area (Å²) in [5.41, 5.74) is 0.588. The zero-order valence-electron chi connectivity index (χ0n) is 19.1. The van der Waals surface area contributed by atoms with E-state index in [4.69, 9.17) is 4.74 Å². The van der Waals surface area contributed by atoms with Crippen molar-refractivity contribution < 1.29 is 19.4 Å². The maximum atomic E-state index is 13.8. The fraction of sp³-hybridized carbons (Fsp3) is 0.750. The van der Waals surface area contributed by atoms with Crippen LogP contribution in [0.1, 0.15) is 93.6 Å². The normalized spacial score (nSPS) is 27.5. The van der Waals surface area contributed by atoms with Crippen LogP contribution in [0.5, 0.6) is 0 Å². The summed E-state index contributed by atoms with van der Waals surface area (Å²) in [6.07, 6.45) is 6.60. The molecule has 0 saturated heterocycles. The third-order valence-corrected chi connectivity index (χ3v) is 8.25. The van der Waals surface area contributed by atoms with Crippen LogP contribution in [0.3, 0.4) is 0 Å².